The normalized spacial score (nSPS) is 40.7. The Hall–Kier alpha value is -1.09. The highest BCUT2D eigenvalue weighted by molar-refractivity contribution is 4.88. The third kappa shape index (κ3) is 2.48. The second kappa shape index (κ2) is 5.12. The SMILES string of the molecule is [N-]=[N+]=NO[C@@H]1[C@@H](O)[C@H](O)[C@@H](CO)O[C@H]1O. The van der Waals surface area contributed by atoms with Gasteiger partial charge in [0.2, 0.25) is 0 Å². The van der Waals surface area contributed by atoms with Gasteiger partial charge in [-0.3, -0.25) is 0 Å². The van der Waals surface area contributed by atoms with Crippen LogP contribution in [-0.2, 0) is 9.57 Å². The van der Waals surface area contributed by atoms with Gasteiger partial charge >= 0.3 is 0 Å². The van der Waals surface area contributed by atoms with Crippen molar-refractivity contribution in [3.8, 4) is 0 Å². The number of azide groups is 1. The number of aliphatic hydroxyl groups is 4. The molecule has 1 saturated heterocycles. The van der Waals surface area contributed by atoms with Gasteiger partial charge in [0, 0.05) is 4.91 Å². The predicted octanol–water partition coefficient (Wildman–Crippen LogP) is -1.97. The minimum atomic E-state index is -1.59. The van der Waals surface area contributed by atoms with Gasteiger partial charge in [-0.15, -0.1) is 0 Å². The van der Waals surface area contributed by atoms with Crippen LogP contribution in [0.3, 0.4) is 0 Å². The quantitative estimate of drug-likeness (QED) is 0.188. The van der Waals surface area contributed by atoms with E-state index in [-0.39, 0.29) is 0 Å². The van der Waals surface area contributed by atoms with Crippen molar-refractivity contribution in [3.63, 3.8) is 0 Å². The molecular weight excluding hydrogens is 210 g/mol. The van der Waals surface area contributed by atoms with Gasteiger partial charge in [-0.1, -0.05) is 0 Å². The van der Waals surface area contributed by atoms with E-state index < -0.39 is 37.3 Å². The van der Waals surface area contributed by atoms with E-state index >= 15 is 0 Å². The van der Waals surface area contributed by atoms with Crippen molar-refractivity contribution < 1.29 is 30.0 Å². The minimum absolute atomic E-state index is 0.566. The summed E-state index contributed by atoms with van der Waals surface area (Å²) in [5.74, 6) is 0. The lowest BCUT2D eigenvalue weighted by Gasteiger charge is -2.38. The summed E-state index contributed by atoms with van der Waals surface area (Å²) in [6.07, 6.45) is -7.04. The molecule has 0 aromatic carbocycles. The Morgan fingerprint density at radius 1 is 1.33 bits per heavy atom. The molecule has 0 bridgehead atoms. The maximum Gasteiger partial charge on any atom is 0.196 e. The number of rotatable bonds is 3. The molecule has 1 rings (SSSR count). The lowest BCUT2D eigenvalue weighted by atomic mass is 9.99. The zero-order chi connectivity index (χ0) is 11.4. The molecule has 9 nitrogen and oxygen atoms in total. The number of hydrogen-bond acceptors (Lipinski definition) is 7. The van der Waals surface area contributed by atoms with Gasteiger partial charge in [0.25, 0.3) is 0 Å². The van der Waals surface area contributed by atoms with Crippen LogP contribution in [0, 0.1) is 0 Å². The summed E-state index contributed by atoms with van der Waals surface area (Å²) in [6.45, 7) is -0.566. The van der Waals surface area contributed by atoms with E-state index in [1.165, 1.54) is 0 Å². The van der Waals surface area contributed by atoms with Crippen molar-refractivity contribution >= 4 is 0 Å². The van der Waals surface area contributed by atoms with E-state index in [1.807, 2.05) is 0 Å². The van der Waals surface area contributed by atoms with Crippen molar-refractivity contribution in [2.75, 3.05) is 6.61 Å². The van der Waals surface area contributed by atoms with Crippen molar-refractivity contribution in [2.45, 2.75) is 30.7 Å². The summed E-state index contributed by atoms with van der Waals surface area (Å²) < 4.78 is 4.72. The molecule has 0 radical (unpaired) electrons. The van der Waals surface area contributed by atoms with Crippen LogP contribution in [0.1, 0.15) is 0 Å². The van der Waals surface area contributed by atoms with Crippen molar-refractivity contribution in [1.82, 2.24) is 0 Å². The van der Waals surface area contributed by atoms with E-state index in [0.717, 1.165) is 0 Å². The summed E-state index contributed by atoms with van der Waals surface area (Å²) in [5.41, 5.74) is 7.96. The molecule has 0 aromatic heterocycles. The van der Waals surface area contributed by atoms with Crippen LogP contribution in [0.15, 0.2) is 5.28 Å². The predicted molar refractivity (Wildman–Crippen MR) is 44.0 cm³/mol. The van der Waals surface area contributed by atoms with Crippen LogP contribution < -0.4 is 0 Å². The van der Waals surface area contributed by atoms with Gasteiger partial charge in [0.05, 0.1) is 6.61 Å². The number of hydrogen-bond donors (Lipinski definition) is 4. The third-order valence-corrected chi connectivity index (χ3v) is 2.05. The highest BCUT2D eigenvalue weighted by Crippen LogP contribution is 2.22. The monoisotopic (exact) mass is 221 g/mol. The Morgan fingerprint density at radius 3 is 2.53 bits per heavy atom. The molecule has 0 saturated carbocycles. The molecule has 1 heterocycles. The maximum absolute atomic E-state index is 9.43. The zero-order valence-corrected chi connectivity index (χ0v) is 7.54. The average molecular weight is 221 g/mol. The van der Waals surface area contributed by atoms with Crippen LogP contribution in [0.2, 0.25) is 0 Å². The summed E-state index contributed by atoms with van der Waals surface area (Å²) in [4.78, 5) is 6.62. The molecule has 9 heteroatoms. The van der Waals surface area contributed by atoms with E-state index in [9.17, 15) is 15.3 Å². The molecule has 4 N–H and O–H groups in total. The molecule has 0 aromatic rings. The van der Waals surface area contributed by atoms with Gasteiger partial charge in [-0.2, -0.15) is 0 Å². The van der Waals surface area contributed by atoms with Gasteiger partial charge in [0.15, 0.2) is 12.4 Å². The largest absolute Gasteiger partial charge is 0.422 e. The molecule has 0 amide bonds. The molecule has 1 fully saturated rings. The van der Waals surface area contributed by atoms with E-state index in [1.54, 1.807) is 0 Å². The molecule has 0 unspecified atom stereocenters. The van der Waals surface area contributed by atoms with Crippen LogP contribution in [-0.4, -0.2) is 57.7 Å². The topological polar surface area (TPSA) is 148 Å². The Kier molecular flexibility index (Phi) is 4.09. The van der Waals surface area contributed by atoms with Crippen molar-refractivity contribution in [1.29, 1.82) is 0 Å². The first-order valence-corrected chi connectivity index (χ1v) is 4.12. The van der Waals surface area contributed by atoms with E-state index in [2.05, 4.69) is 15.0 Å². The summed E-state index contributed by atoms with van der Waals surface area (Å²) in [7, 11) is 0. The second-order valence-electron chi connectivity index (χ2n) is 2.97. The summed E-state index contributed by atoms with van der Waals surface area (Å²) in [6, 6.07) is 0. The van der Waals surface area contributed by atoms with Gasteiger partial charge in [-0.25, -0.2) is 0 Å². The van der Waals surface area contributed by atoms with Crippen LogP contribution in [0.4, 0.5) is 0 Å². The van der Waals surface area contributed by atoms with Gasteiger partial charge in [-0.05, 0) is 5.53 Å². The van der Waals surface area contributed by atoms with Crippen molar-refractivity contribution in [3.05, 3.63) is 10.4 Å². The smallest absolute Gasteiger partial charge is 0.196 e. The molecule has 5 atom stereocenters. The Bertz CT molecular complexity index is 257. The number of aliphatic hydroxyl groups excluding tert-OH is 4. The minimum Gasteiger partial charge on any atom is -0.422 e. The average Bonchev–Trinajstić information content (AvgIpc) is 2.23. The second-order valence-corrected chi connectivity index (χ2v) is 2.97. The van der Waals surface area contributed by atoms with Gasteiger partial charge < -0.3 is 30.0 Å². The standard InChI is InChI=1S/C6H11N3O6/c7-8-9-15-5-4(12)3(11)2(1-10)14-6(5)13/h2-6,10-13H,1H2/t2-,3-,4+,5-,6-/m1/s1. The Balaban J connectivity index is 2.69. The fourth-order valence-electron chi connectivity index (χ4n) is 1.26. The molecule has 1 aliphatic heterocycles. The third-order valence-electron chi connectivity index (χ3n) is 2.05. The molecule has 15 heavy (non-hydrogen) atoms. The van der Waals surface area contributed by atoms with Crippen molar-refractivity contribution in [2.24, 2.45) is 5.28 Å². The fourth-order valence-corrected chi connectivity index (χ4v) is 1.26. The summed E-state index contributed by atoms with van der Waals surface area (Å²) >= 11 is 0. The van der Waals surface area contributed by atoms with Crippen LogP contribution in [0.25, 0.3) is 10.4 Å². The first kappa shape index (κ1) is 12.0. The lowest BCUT2D eigenvalue weighted by Crippen LogP contribution is -2.58. The Labute approximate surface area is 84.0 Å². The van der Waals surface area contributed by atoms with E-state index in [4.69, 9.17) is 15.4 Å². The Morgan fingerprint density at radius 2 is 2.00 bits per heavy atom. The zero-order valence-electron chi connectivity index (χ0n) is 7.54. The number of nitrogens with zero attached hydrogens (tertiary/aromatic N) is 3. The fraction of sp³-hybridized carbons (Fsp3) is 1.00. The molecule has 0 spiro atoms. The first-order chi connectivity index (χ1) is 7.11. The van der Waals surface area contributed by atoms with Gasteiger partial charge in [0.1, 0.15) is 23.6 Å². The first-order valence-electron chi connectivity index (χ1n) is 4.12. The number of ether oxygens (including phenoxy) is 1. The molecule has 0 aliphatic carbocycles. The molecule has 1 aliphatic rings. The van der Waals surface area contributed by atoms with E-state index in [0.29, 0.717) is 0 Å². The highest BCUT2D eigenvalue weighted by atomic mass is 16.7. The van der Waals surface area contributed by atoms with Crippen LogP contribution >= 0.6 is 0 Å². The van der Waals surface area contributed by atoms with Crippen LogP contribution in [0.5, 0.6) is 0 Å². The summed E-state index contributed by atoms with van der Waals surface area (Å²) in [5, 5.41) is 39.5. The lowest BCUT2D eigenvalue weighted by molar-refractivity contribution is -0.297. The molecule has 86 valence electrons. The maximum atomic E-state index is 9.43. The molecular formula is C6H11N3O6. The highest BCUT2D eigenvalue weighted by Gasteiger charge is 2.45.